The van der Waals surface area contributed by atoms with Gasteiger partial charge in [-0.05, 0) is 20.9 Å². The molecular weight excluding hydrogens is 292 g/mol. The van der Waals surface area contributed by atoms with Crippen LogP contribution in [0.5, 0.6) is 0 Å². The Kier molecular flexibility index (Phi) is 4.36. The summed E-state index contributed by atoms with van der Waals surface area (Å²) >= 11 is 5.96. The summed E-state index contributed by atoms with van der Waals surface area (Å²) in [6.07, 6.45) is 0.417. The second kappa shape index (κ2) is 4.34. The molecular formula is C6H10Br2N2O2. The number of hydrogen-bond acceptors (Lipinski definition) is 3. The Morgan fingerprint density at radius 2 is 1.83 bits per heavy atom. The second-order valence-corrected chi connectivity index (χ2v) is 4.59. The van der Waals surface area contributed by atoms with Gasteiger partial charge >= 0.3 is 0 Å². The molecule has 0 saturated heterocycles. The maximum atomic E-state index is 11.4. The van der Waals surface area contributed by atoms with E-state index in [1.807, 2.05) is 0 Å². The van der Waals surface area contributed by atoms with Crippen LogP contribution < -0.4 is 0 Å². The summed E-state index contributed by atoms with van der Waals surface area (Å²) in [7, 11) is 1.70. The van der Waals surface area contributed by atoms with Crippen LogP contribution in [0.25, 0.3) is 0 Å². The Balaban J connectivity index is 4.56. The van der Waals surface area contributed by atoms with Crippen LogP contribution in [-0.4, -0.2) is 32.8 Å². The molecule has 0 aliphatic rings. The molecule has 0 unspecified atom stereocenters. The summed E-state index contributed by atoms with van der Waals surface area (Å²) in [5, 5.41) is 0. The minimum Gasteiger partial charge on any atom is -0.277 e. The zero-order chi connectivity index (χ0) is 9.94. The largest absolute Gasteiger partial charge is 0.277 e. The average molecular weight is 302 g/mol. The molecule has 0 aromatic rings. The molecule has 6 heteroatoms. The van der Waals surface area contributed by atoms with Crippen molar-refractivity contribution >= 4 is 44.6 Å². The second-order valence-electron chi connectivity index (χ2n) is 2.76. The lowest BCUT2D eigenvalue weighted by Crippen LogP contribution is -2.48. The van der Waals surface area contributed by atoms with Gasteiger partial charge in [0.2, 0.25) is 6.41 Å². The highest BCUT2D eigenvalue weighted by Gasteiger charge is 2.34. The van der Waals surface area contributed by atoms with Crippen LogP contribution in [0.2, 0.25) is 0 Å². The molecule has 0 aromatic carbocycles. The Hall–Kier alpha value is 0.0600. The Labute approximate surface area is 88.6 Å². The number of amides is 2. The number of likely N-dealkylation sites (N-methyl/N-ethyl adjacent to an activating group) is 1. The number of carbonyl (C=O) groups is 2. The molecule has 0 aliphatic carbocycles. The summed E-state index contributed by atoms with van der Waals surface area (Å²) in [6.45, 7) is 3.39. The Morgan fingerprint density at radius 1 is 1.42 bits per heavy atom. The summed E-state index contributed by atoms with van der Waals surface area (Å²) in [5.41, 5.74) is -0.760. The first kappa shape index (κ1) is 12.1. The van der Waals surface area contributed by atoms with Crippen LogP contribution in [0.3, 0.4) is 0 Å². The fraction of sp³-hybridized carbons (Fsp3) is 0.667. The maximum absolute atomic E-state index is 11.4. The van der Waals surface area contributed by atoms with Crippen molar-refractivity contribution in [1.29, 1.82) is 0 Å². The zero-order valence-corrected chi connectivity index (χ0v) is 10.2. The quantitative estimate of drug-likeness (QED) is 0.583. The van der Waals surface area contributed by atoms with Gasteiger partial charge in [-0.15, -0.1) is 0 Å². The summed E-state index contributed by atoms with van der Waals surface area (Å²) in [6, 6.07) is 0. The van der Waals surface area contributed by atoms with Gasteiger partial charge in [0.05, 0.1) is 16.1 Å². The third kappa shape index (κ3) is 2.53. The average Bonchev–Trinajstić information content (AvgIpc) is 2.01. The molecule has 2 amide bonds. The molecule has 4 nitrogen and oxygen atoms in total. The van der Waals surface area contributed by atoms with Crippen molar-refractivity contribution < 1.29 is 9.59 Å². The van der Waals surface area contributed by atoms with E-state index in [4.69, 9.17) is 0 Å². The lowest BCUT2D eigenvalue weighted by Gasteiger charge is -2.29. The molecule has 70 valence electrons. The lowest BCUT2D eigenvalue weighted by molar-refractivity contribution is -0.137. The number of nitrogens with zero attached hydrogens (tertiary/aromatic N) is 2. The fourth-order valence-electron chi connectivity index (χ4n) is 0.441. The lowest BCUT2D eigenvalue weighted by atomic mass is 10.1. The summed E-state index contributed by atoms with van der Waals surface area (Å²) in [4.78, 5) is 21.7. The molecule has 12 heavy (non-hydrogen) atoms. The first-order valence-electron chi connectivity index (χ1n) is 3.18. The van der Waals surface area contributed by atoms with Crippen LogP contribution in [0.1, 0.15) is 13.8 Å². The third-order valence-electron chi connectivity index (χ3n) is 1.58. The summed E-state index contributed by atoms with van der Waals surface area (Å²) in [5.74, 6) is -0.336. The van der Waals surface area contributed by atoms with E-state index >= 15 is 0 Å². The molecule has 0 spiro atoms. The third-order valence-corrected chi connectivity index (χ3v) is 2.96. The highest BCUT2D eigenvalue weighted by Crippen LogP contribution is 2.19. The SMILES string of the molecule is CN(Br)C(C)(C)C(=O)N(Br)C=O. The van der Waals surface area contributed by atoms with Crippen molar-refractivity contribution in [2.45, 2.75) is 19.4 Å². The first-order chi connectivity index (χ1) is 5.34. The van der Waals surface area contributed by atoms with E-state index in [0.29, 0.717) is 6.41 Å². The van der Waals surface area contributed by atoms with Crippen LogP contribution in [0.15, 0.2) is 0 Å². The van der Waals surface area contributed by atoms with E-state index in [2.05, 4.69) is 32.3 Å². The molecule has 0 rings (SSSR count). The molecule has 0 bridgehead atoms. The molecule has 0 saturated carbocycles. The van der Waals surface area contributed by atoms with Crippen LogP contribution in [0, 0.1) is 0 Å². The zero-order valence-electron chi connectivity index (χ0n) is 7.04. The van der Waals surface area contributed by atoms with Crippen LogP contribution in [0.4, 0.5) is 0 Å². The molecule has 0 N–H and O–H groups in total. The van der Waals surface area contributed by atoms with Gasteiger partial charge in [-0.3, -0.25) is 9.59 Å². The predicted octanol–water partition coefficient (Wildman–Crippen LogP) is 1.30. The topological polar surface area (TPSA) is 40.6 Å². The molecule has 0 aliphatic heterocycles. The highest BCUT2D eigenvalue weighted by atomic mass is 79.9. The molecule has 0 atom stereocenters. The number of halogens is 2. The number of rotatable bonds is 3. The first-order valence-corrected chi connectivity index (χ1v) is 4.60. The Bertz CT molecular complexity index is 194. The van der Waals surface area contributed by atoms with Gasteiger partial charge < -0.3 is 0 Å². The normalized spacial score (nSPS) is 11.5. The van der Waals surface area contributed by atoms with Crippen molar-refractivity contribution in [3.63, 3.8) is 0 Å². The van der Waals surface area contributed by atoms with E-state index in [1.165, 1.54) is 0 Å². The molecule has 0 aromatic heterocycles. The number of carbonyl (C=O) groups excluding carboxylic acids is 2. The molecule has 0 heterocycles. The van der Waals surface area contributed by atoms with Crippen molar-refractivity contribution in [3.8, 4) is 0 Å². The van der Waals surface area contributed by atoms with Crippen molar-refractivity contribution in [2.24, 2.45) is 0 Å². The fourth-order valence-corrected chi connectivity index (χ4v) is 1.03. The molecule has 0 radical (unpaired) electrons. The van der Waals surface area contributed by atoms with Gasteiger partial charge in [-0.25, -0.2) is 7.85 Å². The van der Waals surface area contributed by atoms with E-state index < -0.39 is 5.54 Å². The van der Waals surface area contributed by atoms with Crippen molar-refractivity contribution in [3.05, 3.63) is 0 Å². The number of imide groups is 1. The van der Waals surface area contributed by atoms with Gasteiger partial charge in [-0.1, -0.05) is 0 Å². The minimum absolute atomic E-state index is 0.336. The van der Waals surface area contributed by atoms with Gasteiger partial charge in [-0.2, -0.15) is 0 Å². The number of hydrogen-bond donors (Lipinski definition) is 0. The van der Waals surface area contributed by atoms with Gasteiger partial charge in [0.25, 0.3) is 5.91 Å². The Morgan fingerprint density at radius 3 is 2.08 bits per heavy atom. The summed E-state index contributed by atoms with van der Waals surface area (Å²) < 4.78 is 2.39. The van der Waals surface area contributed by atoms with E-state index in [1.54, 1.807) is 24.8 Å². The van der Waals surface area contributed by atoms with Gasteiger partial charge in [0, 0.05) is 16.1 Å². The maximum Gasteiger partial charge on any atom is 0.259 e. The van der Waals surface area contributed by atoms with E-state index in [-0.39, 0.29) is 5.91 Å². The van der Waals surface area contributed by atoms with E-state index in [0.717, 1.165) is 3.93 Å². The smallest absolute Gasteiger partial charge is 0.259 e. The monoisotopic (exact) mass is 300 g/mol. The van der Waals surface area contributed by atoms with Crippen LogP contribution in [-0.2, 0) is 9.59 Å². The van der Waals surface area contributed by atoms with Gasteiger partial charge in [0.15, 0.2) is 0 Å². The van der Waals surface area contributed by atoms with Crippen LogP contribution >= 0.6 is 32.3 Å². The van der Waals surface area contributed by atoms with Gasteiger partial charge in [0.1, 0.15) is 5.54 Å². The highest BCUT2D eigenvalue weighted by molar-refractivity contribution is 9.08. The minimum atomic E-state index is -0.760. The van der Waals surface area contributed by atoms with E-state index in [9.17, 15) is 9.59 Å². The standard InChI is InChI=1S/C6H10Br2N2O2/c1-6(2,9(3)7)5(12)10(8)4-11/h4H,1-3H3. The van der Waals surface area contributed by atoms with Crippen molar-refractivity contribution in [1.82, 2.24) is 7.85 Å². The predicted molar refractivity (Wildman–Crippen MR) is 52.6 cm³/mol. The molecule has 0 fully saturated rings. The van der Waals surface area contributed by atoms with Crippen molar-refractivity contribution in [2.75, 3.05) is 7.05 Å².